The van der Waals surface area contributed by atoms with Crippen LogP contribution in [0.2, 0.25) is 0 Å². The van der Waals surface area contributed by atoms with Crippen molar-refractivity contribution >= 4 is 23.0 Å². The highest BCUT2D eigenvalue weighted by molar-refractivity contribution is 6.17. The minimum absolute atomic E-state index is 0.132. The zero-order valence-electron chi connectivity index (χ0n) is 13.2. The maximum absolute atomic E-state index is 13.4. The third-order valence-corrected chi connectivity index (χ3v) is 4.01. The lowest BCUT2D eigenvalue weighted by Gasteiger charge is -2.07. The lowest BCUT2D eigenvalue weighted by atomic mass is 10.0. The van der Waals surface area contributed by atoms with Crippen LogP contribution in [0.1, 0.15) is 12.0 Å². The summed E-state index contributed by atoms with van der Waals surface area (Å²) in [6.45, 7) is 0. The van der Waals surface area contributed by atoms with E-state index in [9.17, 15) is 9.18 Å². The van der Waals surface area contributed by atoms with Crippen LogP contribution in [0.4, 0.5) is 15.8 Å². The summed E-state index contributed by atoms with van der Waals surface area (Å²) in [6.07, 6.45) is 3.65. The summed E-state index contributed by atoms with van der Waals surface area (Å²) in [5.41, 5.74) is 4.43. The van der Waals surface area contributed by atoms with Gasteiger partial charge in [0.15, 0.2) is 0 Å². The molecule has 0 aliphatic carbocycles. The van der Waals surface area contributed by atoms with Gasteiger partial charge in [0.1, 0.15) is 5.82 Å². The third kappa shape index (κ3) is 3.17. The Labute approximate surface area is 144 Å². The van der Waals surface area contributed by atoms with Gasteiger partial charge in [0.25, 0.3) is 0 Å². The lowest BCUT2D eigenvalue weighted by Crippen LogP contribution is -2.15. The van der Waals surface area contributed by atoms with Crippen LogP contribution in [-0.4, -0.2) is 16.6 Å². The molecule has 0 bridgehead atoms. The van der Waals surface area contributed by atoms with E-state index < -0.39 is 5.82 Å². The molecule has 3 aromatic rings. The second kappa shape index (κ2) is 6.28. The Morgan fingerprint density at radius 3 is 2.64 bits per heavy atom. The minimum Gasteiger partial charge on any atom is -0.324 e. The predicted octanol–water partition coefficient (Wildman–Crippen LogP) is 4.35. The van der Waals surface area contributed by atoms with Crippen LogP contribution in [0.25, 0.3) is 11.1 Å². The van der Waals surface area contributed by atoms with Crippen LogP contribution in [0.3, 0.4) is 0 Å². The van der Waals surface area contributed by atoms with E-state index in [4.69, 9.17) is 0 Å². The van der Waals surface area contributed by atoms with Crippen LogP contribution in [0.5, 0.6) is 0 Å². The summed E-state index contributed by atoms with van der Waals surface area (Å²) < 4.78 is 13.4. The van der Waals surface area contributed by atoms with Gasteiger partial charge in [0.05, 0.1) is 23.5 Å². The summed E-state index contributed by atoms with van der Waals surface area (Å²) >= 11 is 0. The first kappa shape index (κ1) is 15.2. The van der Waals surface area contributed by atoms with Gasteiger partial charge >= 0.3 is 0 Å². The Kier molecular flexibility index (Phi) is 3.82. The number of aliphatic imine (C=N–C) groups is 1. The quantitative estimate of drug-likeness (QED) is 0.759. The first-order chi connectivity index (χ1) is 12.2. The topological polar surface area (TPSA) is 54.4 Å². The van der Waals surface area contributed by atoms with E-state index in [1.165, 1.54) is 12.1 Å². The average Bonchev–Trinajstić information content (AvgIpc) is 2.80. The highest BCUT2D eigenvalue weighted by Crippen LogP contribution is 2.30. The lowest BCUT2D eigenvalue weighted by molar-refractivity contribution is -0.115. The summed E-state index contributed by atoms with van der Waals surface area (Å²) in [5.74, 6) is -0.619. The Bertz CT molecular complexity index is 983. The standard InChI is InChI=1S/C20H14FN3O/c21-16-6-7-17-19(10-16)24-20(25)11-18(23-17)14-4-1-3-13(9-14)15-5-2-8-22-12-15/h1-10,12H,11H2,(H,24,25). The zero-order valence-corrected chi connectivity index (χ0v) is 13.2. The van der Waals surface area contributed by atoms with E-state index in [-0.39, 0.29) is 12.3 Å². The number of rotatable bonds is 2. The second-order valence-corrected chi connectivity index (χ2v) is 5.77. The highest BCUT2D eigenvalue weighted by Gasteiger charge is 2.18. The summed E-state index contributed by atoms with van der Waals surface area (Å²) in [6, 6.07) is 15.9. The molecule has 5 heteroatoms. The number of aromatic nitrogens is 1. The molecule has 4 rings (SSSR count). The second-order valence-electron chi connectivity index (χ2n) is 5.77. The number of fused-ring (bicyclic) bond motifs is 1. The number of nitrogens with one attached hydrogen (secondary N) is 1. The molecule has 1 N–H and O–H groups in total. The molecule has 1 aliphatic rings. The predicted molar refractivity (Wildman–Crippen MR) is 95.5 cm³/mol. The third-order valence-electron chi connectivity index (χ3n) is 4.01. The fourth-order valence-corrected chi connectivity index (χ4v) is 2.82. The van der Waals surface area contributed by atoms with E-state index in [1.807, 2.05) is 36.4 Å². The molecule has 2 heterocycles. The zero-order chi connectivity index (χ0) is 17.2. The van der Waals surface area contributed by atoms with Crippen molar-refractivity contribution in [3.8, 4) is 11.1 Å². The van der Waals surface area contributed by atoms with Crippen molar-refractivity contribution in [2.75, 3.05) is 5.32 Å². The van der Waals surface area contributed by atoms with Crippen LogP contribution in [0.15, 0.2) is 72.0 Å². The average molecular weight is 331 g/mol. The molecule has 122 valence electrons. The van der Waals surface area contributed by atoms with Gasteiger partial charge in [-0.15, -0.1) is 0 Å². The molecule has 1 amide bonds. The number of carbonyl (C=O) groups is 1. The SMILES string of the molecule is O=C1CC(c2cccc(-c3cccnc3)c2)=Nc2ccc(F)cc2N1. The first-order valence-electron chi connectivity index (χ1n) is 7.87. The van der Waals surface area contributed by atoms with E-state index in [0.717, 1.165) is 16.7 Å². The highest BCUT2D eigenvalue weighted by atomic mass is 19.1. The molecule has 25 heavy (non-hydrogen) atoms. The summed E-state index contributed by atoms with van der Waals surface area (Å²) in [5, 5.41) is 2.71. The van der Waals surface area contributed by atoms with Crippen LogP contribution in [0, 0.1) is 5.82 Å². The summed E-state index contributed by atoms with van der Waals surface area (Å²) in [4.78, 5) is 20.9. The van der Waals surface area contributed by atoms with Crippen molar-refractivity contribution in [1.29, 1.82) is 0 Å². The van der Waals surface area contributed by atoms with Gasteiger partial charge in [0, 0.05) is 18.0 Å². The Balaban J connectivity index is 1.78. The Morgan fingerprint density at radius 1 is 0.960 bits per heavy atom. The fourth-order valence-electron chi connectivity index (χ4n) is 2.82. The molecule has 0 fully saturated rings. The van der Waals surface area contributed by atoms with Gasteiger partial charge in [-0.05, 0) is 41.5 Å². The number of hydrogen-bond donors (Lipinski definition) is 1. The van der Waals surface area contributed by atoms with Crippen molar-refractivity contribution in [3.63, 3.8) is 0 Å². The Morgan fingerprint density at radius 2 is 1.80 bits per heavy atom. The van der Waals surface area contributed by atoms with Gasteiger partial charge in [-0.2, -0.15) is 0 Å². The molecule has 0 saturated heterocycles. The molecule has 0 saturated carbocycles. The molecular weight excluding hydrogens is 317 g/mol. The molecule has 1 aliphatic heterocycles. The van der Waals surface area contributed by atoms with Gasteiger partial charge in [-0.3, -0.25) is 14.8 Å². The number of benzene rings is 2. The normalized spacial score (nSPS) is 13.5. The van der Waals surface area contributed by atoms with Gasteiger partial charge < -0.3 is 5.32 Å². The van der Waals surface area contributed by atoms with Crippen molar-refractivity contribution < 1.29 is 9.18 Å². The smallest absolute Gasteiger partial charge is 0.230 e. The van der Waals surface area contributed by atoms with Gasteiger partial charge in [0.2, 0.25) is 5.91 Å². The molecule has 1 aromatic heterocycles. The number of anilines is 1. The van der Waals surface area contributed by atoms with Crippen LogP contribution in [-0.2, 0) is 4.79 Å². The number of amides is 1. The number of halogens is 1. The summed E-state index contributed by atoms with van der Waals surface area (Å²) in [7, 11) is 0. The van der Waals surface area contributed by atoms with Crippen LogP contribution < -0.4 is 5.32 Å². The molecule has 0 radical (unpaired) electrons. The van der Waals surface area contributed by atoms with E-state index in [1.54, 1.807) is 18.5 Å². The van der Waals surface area contributed by atoms with Gasteiger partial charge in [-0.1, -0.05) is 24.3 Å². The molecular formula is C20H14FN3O. The number of nitrogens with zero attached hydrogens (tertiary/aromatic N) is 2. The monoisotopic (exact) mass is 331 g/mol. The molecule has 0 unspecified atom stereocenters. The van der Waals surface area contributed by atoms with E-state index >= 15 is 0 Å². The Hall–Kier alpha value is -3.34. The molecule has 2 aromatic carbocycles. The van der Waals surface area contributed by atoms with Crippen molar-refractivity contribution in [2.45, 2.75) is 6.42 Å². The maximum atomic E-state index is 13.4. The molecule has 4 nitrogen and oxygen atoms in total. The number of pyridine rings is 1. The van der Waals surface area contributed by atoms with Crippen molar-refractivity contribution in [1.82, 2.24) is 4.98 Å². The molecule has 0 atom stereocenters. The fraction of sp³-hybridized carbons (Fsp3) is 0.0500. The van der Waals surface area contributed by atoms with E-state index in [2.05, 4.69) is 15.3 Å². The van der Waals surface area contributed by atoms with Crippen molar-refractivity contribution in [3.05, 3.63) is 78.4 Å². The van der Waals surface area contributed by atoms with Gasteiger partial charge in [-0.25, -0.2) is 4.39 Å². The van der Waals surface area contributed by atoms with Crippen LogP contribution >= 0.6 is 0 Å². The number of carbonyl (C=O) groups excluding carboxylic acids is 1. The number of hydrogen-bond acceptors (Lipinski definition) is 3. The largest absolute Gasteiger partial charge is 0.324 e. The van der Waals surface area contributed by atoms with E-state index in [0.29, 0.717) is 17.1 Å². The van der Waals surface area contributed by atoms with Crippen molar-refractivity contribution in [2.24, 2.45) is 4.99 Å². The maximum Gasteiger partial charge on any atom is 0.230 e. The molecule has 0 spiro atoms. The first-order valence-corrected chi connectivity index (χ1v) is 7.87. The minimum atomic E-state index is -0.406.